The number of hydrogen-bond donors (Lipinski definition) is 0. The predicted molar refractivity (Wildman–Crippen MR) is 72.9 cm³/mol. The lowest BCUT2D eigenvalue weighted by Crippen LogP contribution is -2.68. The molecule has 0 N–H and O–H groups in total. The van der Waals surface area contributed by atoms with E-state index in [1.807, 2.05) is 0 Å². The Morgan fingerprint density at radius 1 is 1.35 bits per heavy atom. The van der Waals surface area contributed by atoms with Crippen molar-refractivity contribution in [2.75, 3.05) is 0 Å². The quantitative estimate of drug-likeness (QED) is 0.582. The van der Waals surface area contributed by atoms with E-state index < -0.39 is 10.2 Å². The highest BCUT2D eigenvalue weighted by atomic mass is 35.7. The van der Waals surface area contributed by atoms with Gasteiger partial charge in [-0.2, -0.15) is 0 Å². The van der Waals surface area contributed by atoms with E-state index in [0.29, 0.717) is 0 Å². The molecule has 7 nitrogen and oxygen atoms in total. The average Bonchev–Trinajstić information content (AvgIpc) is 2.86. The zero-order valence-corrected chi connectivity index (χ0v) is 14.7. The van der Waals surface area contributed by atoms with Gasteiger partial charge in [-0.05, 0) is 41.5 Å². The number of aryl methyl sites for hydroxylation is 2. The van der Waals surface area contributed by atoms with Crippen molar-refractivity contribution >= 4 is 16.3 Å². The summed E-state index contributed by atoms with van der Waals surface area (Å²) in [7, 11) is -4.94. The summed E-state index contributed by atoms with van der Waals surface area (Å²) in [4.78, 5) is 5.64. The van der Waals surface area contributed by atoms with Gasteiger partial charge in [-0.3, -0.25) is 0 Å². The van der Waals surface area contributed by atoms with Gasteiger partial charge >= 0.3 is 4.96 Å². The van der Waals surface area contributed by atoms with Crippen LogP contribution >= 0.6 is 11.3 Å². The second-order valence-electron chi connectivity index (χ2n) is 5.75. The summed E-state index contributed by atoms with van der Waals surface area (Å²) in [5.74, 6) is 0.788. The van der Waals surface area contributed by atoms with Gasteiger partial charge in [0, 0.05) is 18.4 Å². The van der Waals surface area contributed by atoms with Crippen LogP contribution in [0.2, 0.25) is 0 Å². The Balaban J connectivity index is 0.000000338. The molecule has 0 spiro atoms. The Bertz CT molecular complexity index is 653. The fourth-order valence-corrected chi connectivity index (χ4v) is 3.57. The van der Waals surface area contributed by atoms with Gasteiger partial charge in [0.25, 0.3) is 0 Å². The molecule has 2 heterocycles. The number of nitrogens with zero attached hydrogens (tertiary/aromatic N) is 3. The molecule has 1 atom stereocenters. The molecule has 0 aromatic carbocycles. The molecule has 23 heavy (non-hydrogen) atoms. The Morgan fingerprint density at radius 2 is 2.04 bits per heavy atom. The Labute approximate surface area is 141 Å². The van der Waals surface area contributed by atoms with Gasteiger partial charge in [-0.25, -0.2) is 18.6 Å². The molecule has 128 valence electrons. The smallest absolute Gasteiger partial charge is 0.222 e. The summed E-state index contributed by atoms with van der Waals surface area (Å²) in [6, 6.07) is 0. The van der Waals surface area contributed by atoms with Gasteiger partial charge in [0.1, 0.15) is 16.9 Å². The molecule has 1 unspecified atom stereocenters. The topological polar surface area (TPSA) is 122 Å². The Morgan fingerprint density at radius 3 is 2.70 bits per heavy atom. The van der Waals surface area contributed by atoms with E-state index in [0.717, 1.165) is 30.1 Å². The van der Waals surface area contributed by atoms with Crippen LogP contribution < -0.4 is 23.2 Å². The van der Waals surface area contributed by atoms with Crippen molar-refractivity contribution in [2.24, 2.45) is 5.92 Å². The maximum absolute atomic E-state index is 8.49. The maximum Gasteiger partial charge on any atom is 0.409 e. The van der Waals surface area contributed by atoms with E-state index in [9.17, 15) is 0 Å². The zero-order chi connectivity index (χ0) is 17.0. The molecule has 1 aliphatic rings. The van der Waals surface area contributed by atoms with Crippen molar-refractivity contribution in [2.45, 2.75) is 52.4 Å². The minimum absolute atomic E-state index is 0.788. The standard InChI is InChI=1S/C14H20N3S.ClHO4/c1-3-4-5-13-16-17-12-7-6-10(2)8-11(12)9-15-14(17)18-13;2-1(3,4)5/h9-10H,3-8H2,1-2H3;(H,2,3,4,5)/q+1;/p-1. The molecular weight excluding hydrogens is 342 g/mol. The molecule has 0 bridgehead atoms. The van der Waals surface area contributed by atoms with Crippen LogP contribution in [0.25, 0.3) is 4.96 Å². The largest absolute Gasteiger partial charge is 0.409 e. The van der Waals surface area contributed by atoms with Gasteiger partial charge in [-0.1, -0.05) is 29.9 Å². The van der Waals surface area contributed by atoms with Gasteiger partial charge in [0.05, 0.1) is 0 Å². The van der Waals surface area contributed by atoms with Crippen LogP contribution in [0.5, 0.6) is 0 Å². The Hall–Kier alpha value is -0.900. The van der Waals surface area contributed by atoms with Crippen molar-refractivity contribution in [3.63, 3.8) is 0 Å². The second kappa shape index (κ2) is 7.78. The van der Waals surface area contributed by atoms with E-state index in [-0.39, 0.29) is 0 Å². The van der Waals surface area contributed by atoms with Crippen molar-refractivity contribution < 1.29 is 33.4 Å². The third kappa shape index (κ3) is 5.59. The molecule has 0 radical (unpaired) electrons. The van der Waals surface area contributed by atoms with E-state index in [4.69, 9.17) is 23.7 Å². The first-order chi connectivity index (χ1) is 10.8. The van der Waals surface area contributed by atoms with E-state index in [1.54, 1.807) is 11.3 Å². The third-order valence-electron chi connectivity index (χ3n) is 3.75. The summed E-state index contributed by atoms with van der Waals surface area (Å²) < 4.78 is 36.1. The lowest BCUT2D eigenvalue weighted by Gasteiger charge is -2.17. The third-order valence-corrected chi connectivity index (χ3v) is 4.73. The molecule has 0 amide bonds. The lowest BCUT2D eigenvalue weighted by atomic mass is 9.89. The average molecular weight is 362 g/mol. The maximum atomic E-state index is 8.49. The summed E-state index contributed by atoms with van der Waals surface area (Å²) in [6.07, 6.45) is 9.20. The summed E-state index contributed by atoms with van der Waals surface area (Å²) in [6.45, 7) is 4.55. The Kier molecular flexibility index (Phi) is 6.24. The van der Waals surface area contributed by atoms with E-state index in [1.165, 1.54) is 35.5 Å². The van der Waals surface area contributed by atoms with Crippen LogP contribution in [0.3, 0.4) is 0 Å². The first-order valence-electron chi connectivity index (χ1n) is 7.58. The van der Waals surface area contributed by atoms with Crippen molar-refractivity contribution in [3.05, 3.63) is 22.5 Å². The summed E-state index contributed by atoms with van der Waals surface area (Å²) >= 11 is 1.75. The number of fused-ring (bicyclic) bond motifs is 3. The van der Waals surface area contributed by atoms with Crippen LogP contribution in [-0.4, -0.2) is 10.1 Å². The normalized spacial score (nSPS) is 17.6. The van der Waals surface area contributed by atoms with Crippen LogP contribution in [0.1, 0.15) is 49.4 Å². The predicted octanol–water partition coefficient (Wildman–Crippen LogP) is -2.01. The van der Waals surface area contributed by atoms with Gasteiger partial charge in [0.15, 0.2) is 0 Å². The lowest BCUT2D eigenvalue weighted by molar-refractivity contribution is -2.00. The minimum Gasteiger partial charge on any atom is -0.222 e. The second-order valence-corrected chi connectivity index (χ2v) is 7.55. The van der Waals surface area contributed by atoms with Crippen molar-refractivity contribution in [1.82, 2.24) is 10.1 Å². The van der Waals surface area contributed by atoms with Crippen LogP contribution in [0.15, 0.2) is 6.20 Å². The van der Waals surface area contributed by atoms with E-state index in [2.05, 4.69) is 29.5 Å². The summed E-state index contributed by atoms with van der Waals surface area (Å²) in [5.41, 5.74) is 2.80. The molecule has 9 heteroatoms. The number of unbranched alkanes of at least 4 members (excludes halogenated alkanes) is 1. The molecule has 0 fully saturated rings. The minimum atomic E-state index is -4.94. The van der Waals surface area contributed by atoms with Gasteiger partial charge < -0.3 is 0 Å². The summed E-state index contributed by atoms with van der Waals surface area (Å²) in [5, 5.41) is 5.99. The van der Waals surface area contributed by atoms with Crippen molar-refractivity contribution in [3.8, 4) is 0 Å². The first-order valence-corrected chi connectivity index (χ1v) is 9.63. The SMILES string of the molecule is CCCCc1n[n+]2c3c(cnc2s1)CC(C)CC3.[O-][Cl+3]([O-])([O-])[O-]. The molecule has 1 aliphatic carbocycles. The zero-order valence-electron chi connectivity index (χ0n) is 13.2. The monoisotopic (exact) mass is 361 g/mol. The number of rotatable bonds is 3. The molecule has 2 aromatic rings. The van der Waals surface area contributed by atoms with Gasteiger partial charge in [-0.15, -0.1) is 10.2 Å². The highest BCUT2D eigenvalue weighted by molar-refractivity contribution is 7.16. The van der Waals surface area contributed by atoms with Crippen LogP contribution in [0, 0.1) is 16.2 Å². The van der Waals surface area contributed by atoms with Gasteiger partial charge in [0.2, 0.25) is 0 Å². The van der Waals surface area contributed by atoms with Crippen LogP contribution in [-0.2, 0) is 19.3 Å². The molecule has 3 rings (SSSR count). The highest BCUT2D eigenvalue weighted by Crippen LogP contribution is 2.23. The molecular formula is C14H20ClN3O4S. The number of hydrogen-bond acceptors (Lipinski definition) is 7. The molecule has 0 saturated carbocycles. The molecule has 0 saturated heterocycles. The fourth-order valence-electron chi connectivity index (χ4n) is 2.65. The van der Waals surface area contributed by atoms with Crippen LogP contribution in [0.4, 0.5) is 0 Å². The number of aromatic nitrogens is 3. The fraction of sp³-hybridized carbons (Fsp3) is 0.643. The molecule has 2 aromatic heterocycles. The number of halogens is 1. The molecule has 0 aliphatic heterocycles. The first kappa shape index (κ1) is 18.4. The van der Waals surface area contributed by atoms with Crippen molar-refractivity contribution in [1.29, 1.82) is 0 Å². The highest BCUT2D eigenvalue weighted by Gasteiger charge is 2.25. The van der Waals surface area contributed by atoms with E-state index >= 15 is 0 Å².